The quantitative estimate of drug-likeness (QED) is 0.664. The first-order chi connectivity index (χ1) is 16.2. The van der Waals surface area contributed by atoms with Crippen molar-refractivity contribution in [3.63, 3.8) is 0 Å². The van der Waals surface area contributed by atoms with Crippen molar-refractivity contribution in [2.75, 3.05) is 62.8 Å². The summed E-state index contributed by atoms with van der Waals surface area (Å²) in [6, 6.07) is 13.9. The van der Waals surface area contributed by atoms with Crippen molar-refractivity contribution in [1.29, 1.82) is 0 Å². The van der Waals surface area contributed by atoms with Crippen LogP contribution < -0.4 is 14.5 Å². The Hall–Kier alpha value is -2.64. The third-order valence-electron chi connectivity index (χ3n) is 7.08. The van der Waals surface area contributed by atoms with E-state index in [4.69, 9.17) is 4.74 Å². The number of pyridine rings is 1. The zero-order valence-electron chi connectivity index (χ0n) is 19.6. The Morgan fingerprint density at radius 3 is 2.45 bits per heavy atom. The molecule has 4 rings (SSSR count). The van der Waals surface area contributed by atoms with Gasteiger partial charge in [-0.1, -0.05) is 18.2 Å². The van der Waals surface area contributed by atoms with Gasteiger partial charge in [0.05, 0.1) is 12.8 Å². The van der Waals surface area contributed by atoms with E-state index < -0.39 is 0 Å². The molecule has 1 aromatic heterocycles. The zero-order chi connectivity index (χ0) is 23.0. The maximum absolute atomic E-state index is 13.5. The van der Waals surface area contributed by atoms with E-state index in [1.54, 1.807) is 13.3 Å². The molecule has 0 bridgehead atoms. The van der Waals surface area contributed by atoms with Crippen molar-refractivity contribution < 1.29 is 14.6 Å². The molecular formula is C26H36N4O3. The van der Waals surface area contributed by atoms with E-state index in [0.717, 1.165) is 75.7 Å². The molecule has 1 saturated carbocycles. The second kappa shape index (κ2) is 11.5. The summed E-state index contributed by atoms with van der Waals surface area (Å²) >= 11 is 0. The Labute approximate surface area is 197 Å². The number of para-hydroxylation sites is 2. The summed E-state index contributed by atoms with van der Waals surface area (Å²) in [6.45, 7) is 5.46. The van der Waals surface area contributed by atoms with Gasteiger partial charge in [0, 0.05) is 58.0 Å². The van der Waals surface area contributed by atoms with Crippen molar-refractivity contribution in [3.05, 3.63) is 48.7 Å². The summed E-state index contributed by atoms with van der Waals surface area (Å²) in [5.41, 5.74) is 1.14. The van der Waals surface area contributed by atoms with Crippen LogP contribution in [0.15, 0.2) is 48.7 Å². The molecule has 0 unspecified atom stereocenters. The van der Waals surface area contributed by atoms with Crippen LogP contribution in [-0.2, 0) is 4.79 Å². The van der Waals surface area contributed by atoms with Crippen molar-refractivity contribution in [2.45, 2.75) is 25.7 Å². The number of piperazine rings is 1. The number of ether oxygens (including phenoxy) is 1. The second-order valence-corrected chi connectivity index (χ2v) is 9.08. The van der Waals surface area contributed by atoms with E-state index in [1.807, 2.05) is 35.2 Å². The Morgan fingerprint density at radius 1 is 1.06 bits per heavy atom. The fraction of sp³-hybridized carbons (Fsp3) is 0.538. The number of benzene rings is 1. The third kappa shape index (κ3) is 5.84. The van der Waals surface area contributed by atoms with Crippen LogP contribution in [-0.4, -0.2) is 73.9 Å². The van der Waals surface area contributed by atoms with Crippen LogP contribution in [0.1, 0.15) is 25.7 Å². The van der Waals surface area contributed by atoms with Crippen molar-refractivity contribution in [3.8, 4) is 5.75 Å². The van der Waals surface area contributed by atoms with E-state index in [1.165, 1.54) is 0 Å². The van der Waals surface area contributed by atoms with Crippen LogP contribution in [0.4, 0.5) is 11.5 Å². The monoisotopic (exact) mass is 452 g/mol. The lowest BCUT2D eigenvalue weighted by atomic mass is 9.81. The van der Waals surface area contributed by atoms with Gasteiger partial charge in [0.25, 0.3) is 0 Å². The number of amides is 1. The Kier molecular flexibility index (Phi) is 8.18. The molecule has 1 saturated heterocycles. The summed E-state index contributed by atoms with van der Waals surface area (Å²) in [5.74, 6) is 2.19. The molecule has 33 heavy (non-hydrogen) atoms. The molecule has 0 radical (unpaired) electrons. The highest BCUT2D eigenvalue weighted by molar-refractivity contribution is 5.94. The summed E-state index contributed by atoms with van der Waals surface area (Å²) in [7, 11) is 1.72. The number of hydrogen-bond donors (Lipinski definition) is 1. The molecule has 1 aliphatic heterocycles. The molecule has 0 spiro atoms. The number of methoxy groups -OCH3 is 1. The van der Waals surface area contributed by atoms with Crippen LogP contribution in [0.2, 0.25) is 0 Å². The minimum absolute atomic E-state index is 0.0252. The third-order valence-corrected chi connectivity index (χ3v) is 7.08. The summed E-state index contributed by atoms with van der Waals surface area (Å²) in [5, 5.41) is 9.43. The van der Waals surface area contributed by atoms with E-state index in [0.29, 0.717) is 12.5 Å². The van der Waals surface area contributed by atoms with Crippen LogP contribution in [0.25, 0.3) is 0 Å². The first-order valence-electron chi connectivity index (χ1n) is 12.1. The van der Waals surface area contributed by atoms with Gasteiger partial charge in [-0.2, -0.15) is 0 Å². The fourth-order valence-electron chi connectivity index (χ4n) is 5.01. The molecule has 7 nitrogen and oxygen atoms in total. The molecule has 1 aromatic carbocycles. The van der Waals surface area contributed by atoms with Gasteiger partial charge in [-0.15, -0.1) is 0 Å². The fourth-order valence-corrected chi connectivity index (χ4v) is 5.01. The summed E-state index contributed by atoms with van der Waals surface area (Å²) < 4.78 is 5.53. The Morgan fingerprint density at radius 2 is 1.79 bits per heavy atom. The number of hydrogen-bond acceptors (Lipinski definition) is 6. The molecule has 2 heterocycles. The largest absolute Gasteiger partial charge is 0.495 e. The lowest BCUT2D eigenvalue weighted by molar-refractivity contribution is -0.123. The van der Waals surface area contributed by atoms with Gasteiger partial charge < -0.3 is 14.7 Å². The molecule has 0 atom stereocenters. The second-order valence-electron chi connectivity index (χ2n) is 9.08. The summed E-state index contributed by atoms with van der Waals surface area (Å²) in [6.07, 6.45) is 5.31. The Balaban J connectivity index is 1.35. The van der Waals surface area contributed by atoms with E-state index in [2.05, 4.69) is 26.9 Å². The molecule has 1 aliphatic carbocycles. The minimum Gasteiger partial charge on any atom is -0.495 e. The van der Waals surface area contributed by atoms with Gasteiger partial charge in [-0.3, -0.25) is 14.6 Å². The Bertz CT molecular complexity index is 878. The average molecular weight is 453 g/mol. The maximum atomic E-state index is 13.5. The van der Waals surface area contributed by atoms with Gasteiger partial charge in [-0.05, 0) is 55.9 Å². The van der Waals surface area contributed by atoms with Gasteiger partial charge in [-0.25, -0.2) is 4.98 Å². The number of carbonyl (C=O) groups excluding carboxylic acids is 1. The van der Waals surface area contributed by atoms with Crippen LogP contribution in [0, 0.1) is 11.8 Å². The molecular weight excluding hydrogens is 416 g/mol. The van der Waals surface area contributed by atoms with Crippen LogP contribution >= 0.6 is 0 Å². The molecule has 178 valence electrons. The van der Waals surface area contributed by atoms with E-state index in [-0.39, 0.29) is 18.4 Å². The SMILES string of the molecule is COc1ccccc1N1CCN(CCN(C(=O)C2CCC(CO)CC2)c2ccccn2)CC1. The smallest absolute Gasteiger partial charge is 0.231 e. The maximum Gasteiger partial charge on any atom is 0.231 e. The molecule has 2 aromatic rings. The highest BCUT2D eigenvalue weighted by atomic mass is 16.5. The standard InChI is InChI=1S/C26H36N4O3/c1-33-24-7-3-2-6-23(24)29-17-14-28(15-18-29)16-19-30(25-8-4-5-13-27-25)26(32)22-11-9-21(20-31)10-12-22/h2-8,13,21-22,31H,9-12,14-20H2,1H3. The minimum atomic E-state index is 0.0252. The predicted octanol–water partition coefficient (Wildman–Crippen LogP) is 3.04. The number of aliphatic hydroxyl groups excluding tert-OH is 1. The van der Waals surface area contributed by atoms with Crippen molar-refractivity contribution in [2.24, 2.45) is 11.8 Å². The van der Waals surface area contributed by atoms with Gasteiger partial charge in [0.2, 0.25) is 5.91 Å². The summed E-state index contributed by atoms with van der Waals surface area (Å²) in [4.78, 5) is 24.6. The van der Waals surface area contributed by atoms with Gasteiger partial charge in [0.15, 0.2) is 0 Å². The number of aliphatic hydroxyl groups is 1. The van der Waals surface area contributed by atoms with Gasteiger partial charge >= 0.3 is 0 Å². The number of aromatic nitrogens is 1. The highest BCUT2D eigenvalue weighted by Crippen LogP contribution is 2.31. The molecule has 1 N–H and O–H groups in total. The van der Waals surface area contributed by atoms with Crippen molar-refractivity contribution in [1.82, 2.24) is 9.88 Å². The molecule has 2 fully saturated rings. The van der Waals surface area contributed by atoms with Gasteiger partial charge in [0.1, 0.15) is 11.6 Å². The highest BCUT2D eigenvalue weighted by Gasteiger charge is 2.31. The number of anilines is 2. The van der Waals surface area contributed by atoms with Crippen molar-refractivity contribution >= 4 is 17.4 Å². The molecule has 7 heteroatoms. The molecule has 1 amide bonds. The number of nitrogens with zero attached hydrogens (tertiary/aromatic N) is 4. The zero-order valence-corrected chi connectivity index (χ0v) is 19.6. The normalized spacial score (nSPS) is 21.6. The lowest BCUT2D eigenvalue weighted by Gasteiger charge is -2.38. The number of carbonyl (C=O) groups is 1. The molecule has 2 aliphatic rings. The first-order valence-corrected chi connectivity index (χ1v) is 12.1. The van der Waals surface area contributed by atoms with Crippen LogP contribution in [0.3, 0.4) is 0 Å². The van der Waals surface area contributed by atoms with Crippen LogP contribution in [0.5, 0.6) is 5.75 Å². The van der Waals surface area contributed by atoms with E-state index in [9.17, 15) is 9.90 Å². The van der Waals surface area contributed by atoms with E-state index >= 15 is 0 Å². The first kappa shape index (κ1) is 23.5. The topological polar surface area (TPSA) is 69.1 Å². The number of rotatable bonds is 8. The lowest BCUT2D eigenvalue weighted by Crippen LogP contribution is -2.50. The predicted molar refractivity (Wildman–Crippen MR) is 131 cm³/mol. The average Bonchev–Trinajstić information content (AvgIpc) is 2.89.